The van der Waals surface area contributed by atoms with Crippen LogP contribution in [-0.4, -0.2) is 0 Å². The van der Waals surface area contributed by atoms with Gasteiger partial charge in [-0.05, 0) is 74.5 Å². The van der Waals surface area contributed by atoms with Crippen molar-refractivity contribution in [3.8, 4) is 33.4 Å². The zero-order valence-corrected chi connectivity index (χ0v) is 16.6. The van der Waals surface area contributed by atoms with Crippen molar-refractivity contribution in [1.82, 2.24) is 0 Å². The van der Waals surface area contributed by atoms with Crippen LogP contribution in [-0.2, 0) is 0 Å². The van der Waals surface area contributed by atoms with Crippen LogP contribution in [0.1, 0.15) is 0 Å². The van der Waals surface area contributed by atoms with Crippen LogP contribution in [0, 0.1) is 0 Å². The molecular weight excluding hydrogens is 372 g/mol. The van der Waals surface area contributed by atoms with Crippen LogP contribution in [0.5, 0.6) is 0 Å². The molecule has 1 heteroatoms. The van der Waals surface area contributed by atoms with E-state index in [4.69, 9.17) is 11.6 Å². The van der Waals surface area contributed by atoms with Gasteiger partial charge in [0.15, 0.2) is 0 Å². The molecule has 0 heterocycles. The highest BCUT2D eigenvalue weighted by Gasteiger charge is 2.05. The van der Waals surface area contributed by atoms with Gasteiger partial charge in [0, 0.05) is 5.02 Å². The molecule has 0 nitrogen and oxygen atoms in total. The van der Waals surface area contributed by atoms with E-state index in [0.717, 1.165) is 10.6 Å². The minimum atomic E-state index is 0.756. The van der Waals surface area contributed by atoms with Gasteiger partial charge in [-0.2, -0.15) is 0 Å². The average Bonchev–Trinajstić information content (AvgIpc) is 2.79. The van der Waals surface area contributed by atoms with Crippen molar-refractivity contribution in [2.24, 2.45) is 0 Å². The molecule has 0 aliphatic heterocycles. The van der Waals surface area contributed by atoms with Crippen molar-refractivity contribution in [3.05, 3.63) is 120 Å². The second-order valence-electron chi connectivity index (χ2n) is 7.23. The summed E-state index contributed by atoms with van der Waals surface area (Å²) in [5.74, 6) is 0. The Hall–Kier alpha value is -3.35. The number of hydrogen-bond donors (Lipinski definition) is 0. The predicted octanol–water partition coefficient (Wildman–Crippen LogP) is 8.49. The standard InChI is InChI=1S/C28H19Cl/c29-28-13-5-12-26(19-28)24-10-3-8-22(17-24)23-9-4-11-25(18-23)27-15-14-20-6-1-2-7-21(20)16-27/h1-19H. The monoisotopic (exact) mass is 390 g/mol. The summed E-state index contributed by atoms with van der Waals surface area (Å²) >= 11 is 6.18. The van der Waals surface area contributed by atoms with E-state index in [1.165, 1.54) is 38.6 Å². The summed E-state index contributed by atoms with van der Waals surface area (Å²) in [6.45, 7) is 0. The van der Waals surface area contributed by atoms with Gasteiger partial charge in [-0.1, -0.05) is 96.5 Å². The number of fused-ring (bicyclic) bond motifs is 1. The maximum Gasteiger partial charge on any atom is 0.0412 e. The lowest BCUT2D eigenvalue weighted by atomic mass is 9.95. The predicted molar refractivity (Wildman–Crippen MR) is 125 cm³/mol. The second kappa shape index (κ2) is 7.58. The Balaban J connectivity index is 1.55. The van der Waals surface area contributed by atoms with Crippen molar-refractivity contribution in [1.29, 1.82) is 0 Å². The highest BCUT2D eigenvalue weighted by molar-refractivity contribution is 6.30. The molecule has 138 valence electrons. The van der Waals surface area contributed by atoms with Gasteiger partial charge < -0.3 is 0 Å². The third kappa shape index (κ3) is 3.68. The first-order valence-electron chi connectivity index (χ1n) is 9.72. The summed E-state index contributed by atoms with van der Waals surface area (Å²) in [7, 11) is 0. The van der Waals surface area contributed by atoms with Crippen molar-refractivity contribution in [3.63, 3.8) is 0 Å². The van der Waals surface area contributed by atoms with E-state index in [-0.39, 0.29) is 0 Å². The third-order valence-corrected chi connectivity index (χ3v) is 5.53. The van der Waals surface area contributed by atoms with Crippen LogP contribution >= 0.6 is 11.6 Å². The van der Waals surface area contributed by atoms with E-state index in [2.05, 4.69) is 97.1 Å². The van der Waals surface area contributed by atoms with Crippen molar-refractivity contribution in [2.75, 3.05) is 0 Å². The van der Waals surface area contributed by atoms with Gasteiger partial charge in [-0.3, -0.25) is 0 Å². The summed E-state index contributed by atoms with van der Waals surface area (Å²) < 4.78 is 0. The Kier molecular flexibility index (Phi) is 4.63. The maximum atomic E-state index is 6.18. The van der Waals surface area contributed by atoms with Crippen molar-refractivity contribution in [2.45, 2.75) is 0 Å². The molecule has 0 saturated heterocycles. The summed E-state index contributed by atoms with van der Waals surface area (Å²) in [6, 6.07) is 40.5. The lowest BCUT2D eigenvalue weighted by molar-refractivity contribution is 1.58. The number of hydrogen-bond acceptors (Lipinski definition) is 0. The molecule has 29 heavy (non-hydrogen) atoms. The van der Waals surface area contributed by atoms with E-state index >= 15 is 0 Å². The van der Waals surface area contributed by atoms with Crippen LogP contribution in [0.25, 0.3) is 44.2 Å². The van der Waals surface area contributed by atoms with Crippen molar-refractivity contribution >= 4 is 22.4 Å². The molecule has 0 amide bonds. The normalized spacial score (nSPS) is 10.9. The molecule has 0 fully saturated rings. The Morgan fingerprint density at radius 2 is 0.828 bits per heavy atom. The first-order chi connectivity index (χ1) is 14.3. The second-order valence-corrected chi connectivity index (χ2v) is 7.67. The van der Waals surface area contributed by atoms with Gasteiger partial charge in [-0.25, -0.2) is 0 Å². The maximum absolute atomic E-state index is 6.18. The molecule has 0 atom stereocenters. The largest absolute Gasteiger partial charge is 0.0843 e. The molecule has 0 saturated carbocycles. The quantitative estimate of drug-likeness (QED) is 0.289. The number of halogens is 1. The molecule has 5 rings (SSSR count). The summed E-state index contributed by atoms with van der Waals surface area (Å²) in [5.41, 5.74) is 7.16. The topological polar surface area (TPSA) is 0 Å². The molecule has 0 aliphatic carbocycles. The lowest BCUT2D eigenvalue weighted by Crippen LogP contribution is -1.84. The molecule has 0 bridgehead atoms. The highest BCUT2D eigenvalue weighted by Crippen LogP contribution is 2.31. The molecule has 0 spiro atoms. The van der Waals surface area contributed by atoms with Gasteiger partial charge in [0.05, 0.1) is 0 Å². The summed E-state index contributed by atoms with van der Waals surface area (Å²) in [4.78, 5) is 0. The van der Waals surface area contributed by atoms with Crippen LogP contribution in [0.4, 0.5) is 0 Å². The molecule has 0 N–H and O–H groups in total. The van der Waals surface area contributed by atoms with E-state index in [1.807, 2.05) is 18.2 Å². The third-order valence-electron chi connectivity index (χ3n) is 5.30. The van der Waals surface area contributed by atoms with Gasteiger partial charge >= 0.3 is 0 Å². The average molecular weight is 391 g/mol. The molecule has 0 aliphatic rings. The highest BCUT2D eigenvalue weighted by atomic mass is 35.5. The first-order valence-corrected chi connectivity index (χ1v) is 10.1. The minimum absolute atomic E-state index is 0.756. The summed E-state index contributed by atoms with van der Waals surface area (Å²) in [6.07, 6.45) is 0. The van der Waals surface area contributed by atoms with E-state index in [0.29, 0.717) is 0 Å². The summed E-state index contributed by atoms with van der Waals surface area (Å²) in [5, 5.41) is 3.28. The Bertz CT molecular complexity index is 1320. The molecule has 5 aromatic carbocycles. The van der Waals surface area contributed by atoms with E-state index < -0.39 is 0 Å². The molecular formula is C28H19Cl. The van der Waals surface area contributed by atoms with Crippen LogP contribution < -0.4 is 0 Å². The number of benzene rings is 5. The van der Waals surface area contributed by atoms with Gasteiger partial charge in [-0.15, -0.1) is 0 Å². The Morgan fingerprint density at radius 1 is 0.345 bits per heavy atom. The molecule has 0 radical (unpaired) electrons. The zero-order chi connectivity index (χ0) is 19.6. The van der Waals surface area contributed by atoms with Gasteiger partial charge in [0.1, 0.15) is 0 Å². The van der Waals surface area contributed by atoms with Crippen LogP contribution in [0.15, 0.2) is 115 Å². The van der Waals surface area contributed by atoms with Crippen molar-refractivity contribution < 1.29 is 0 Å². The molecule has 5 aromatic rings. The van der Waals surface area contributed by atoms with Crippen LogP contribution in [0.3, 0.4) is 0 Å². The SMILES string of the molecule is Clc1cccc(-c2cccc(-c3cccc(-c4ccc5ccccc5c4)c3)c2)c1. The van der Waals surface area contributed by atoms with Gasteiger partial charge in [0.25, 0.3) is 0 Å². The fourth-order valence-corrected chi connectivity index (χ4v) is 3.98. The number of rotatable bonds is 3. The zero-order valence-electron chi connectivity index (χ0n) is 15.8. The van der Waals surface area contributed by atoms with E-state index in [1.54, 1.807) is 0 Å². The minimum Gasteiger partial charge on any atom is -0.0843 e. The Labute approximate surface area is 176 Å². The van der Waals surface area contributed by atoms with Gasteiger partial charge in [0.2, 0.25) is 0 Å². The first kappa shape index (κ1) is 17.7. The fourth-order valence-electron chi connectivity index (χ4n) is 3.79. The molecule has 0 aromatic heterocycles. The molecule has 0 unspecified atom stereocenters. The van der Waals surface area contributed by atoms with Crippen LogP contribution in [0.2, 0.25) is 5.02 Å². The smallest absolute Gasteiger partial charge is 0.0412 e. The Morgan fingerprint density at radius 3 is 1.41 bits per heavy atom. The van der Waals surface area contributed by atoms with E-state index in [9.17, 15) is 0 Å². The lowest BCUT2D eigenvalue weighted by Gasteiger charge is -2.09. The fraction of sp³-hybridized carbons (Fsp3) is 0.